The molecule has 0 aromatic heterocycles. The van der Waals surface area contributed by atoms with Gasteiger partial charge in [-0.25, -0.2) is 8.42 Å². The molecule has 0 amide bonds. The average Bonchev–Trinajstić information content (AvgIpc) is 2.85. The molecule has 2 aromatic rings. The van der Waals surface area contributed by atoms with Crippen molar-refractivity contribution in [3.63, 3.8) is 0 Å². The van der Waals surface area contributed by atoms with Crippen molar-refractivity contribution in [1.82, 2.24) is 4.31 Å². The highest BCUT2D eigenvalue weighted by Crippen LogP contribution is 2.47. The number of sulfonamides is 1. The molecule has 1 saturated heterocycles. The average molecular weight is 556 g/mol. The number of methoxy groups -OCH3 is 1. The lowest BCUT2D eigenvalue weighted by molar-refractivity contribution is -0.148. The molecular formula is C25H27Cl2NO7S. The van der Waals surface area contributed by atoms with E-state index in [-0.39, 0.29) is 12.3 Å². The van der Waals surface area contributed by atoms with Crippen molar-refractivity contribution in [2.75, 3.05) is 7.11 Å². The minimum Gasteiger partial charge on any atom is -0.480 e. The number of hydrogen-bond donors (Lipinski definition) is 1. The number of carboxylic acid groups (broad SMARTS) is 1. The van der Waals surface area contributed by atoms with E-state index < -0.39 is 39.3 Å². The number of aliphatic carboxylic acids is 1. The summed E-state index contributed by atoms with van der Waals surface area (Å²) in [6, 6.07) is 8.96. The summed E-state index contributed by atoms with van der Waals surface area (Å²) in [6.07, 6.45) is 4.98. The Bertz CT molecular complexity index is 1250. The summed E-state index contributed by atoms with van der Waals surface area (Å²) in [5.41, 5.74) is 0.424. The summed E-state index contributed by atoms with van der Waals surface area (Å²) >= 11 is 12.0. The zero-order valence-electron chi connectivity index (χ0n) is 19.6. The lowest BCUT2D eigenvalue weighted by Crippen LogP contribution is -2.66. The van der Waals surface area contributed by atoms with E-state index in [4.69, 9.17) is 32.7 Å². The van der Waals surface area contributed by atoms with Gasteiger partial charge in [0.15, 0.2) is 5.25 Å². The van der Waals surface area contributed by atoms with Crippen molar-refractivity contribution >= 4 is 45.2 Å². The molecule has 11 heteroatoms. The summed E-state index contributed by atoms with van der Waals surface area (Å²) in [4.78, 5) is 24.8. The lowest BCUT2D eigenvalue weighted by atomic mass is 9.84. The van der Waals surface area contributed by atoms with Crippen LogP contribution in [0.5, 0.6) is 11.5 Å². The number of carbonyl (C=O) groups excluding carboxylic acids is 1. The van der Waals surface area contributed by atoms with Crippen LogP contribution in [-0.4, -0.2) is 48.2 Å². The van der Waals surface area contributed by atoms with E-state index in [1.165, 1.54) is 0 Å². The Morgan fingerprint density at radius 3 is 2.39 bits per heavy atom. The van der Waals surface area contributed by atoms with E-state index in [0.717, 1.165) is 43.5 Å². The van der Waals surface area contributed by atoms with Gasteiger partial charge in [-0.1, -0.05) is 67.4 Å². The zero-order chi connectivity index (χ0) is 26.0. The minimum absolute atomic E-state index is 0.109. The fourth-order valence-corrected chi connectivity index (χ4v) is 7.47. The van der Waals surface area contributed by atoms with Gasteiger partial charge in [-0.15, -0.1) is 0 Å². The molecule has 8 nitrogen and oxygen atoms in total. The first-order valence-corrected chi connectivity index (χ1v) is 13.9. The Kier molecular flexibility index (Phi) is 8.14. The van der Waals surface area contributed by atoms with Crippen LogP contribution < -0.4 is 4.74 Å². The summed E-state index contributed by atoms with van der Waals surface area (Å²) in [5, 5.41) is 9.17. The molecule has 0 spiro atoms. The summed E-state index contributed by atoms with van der Waals surface area (Å²) in [7, 11) is -3.13. The second kappa shape index (κ2) is 11.0. The maximum absolute atomic E-state index is 13.3. The van der Waals surface area contributed by atoms with Gasteiger partial charge in [0.05, 0.1) is 23.2 Å². The van der Waals surface area contributed by atoms with E-state index in [0.29, 0.717) is 27.1 Å². The van der Waals surface area contributed by atoms with Crippen LogP contribution in [-0.2, 0) is 24.3 Å². The standard InChI is InChI=1S/C25H27Cl2NO7S/c1-34-25(31)23-22(16-8-5-9-17(13-16)35-18-10-11-19(26)20(27)14-18)28(36(23,32)33)21(24(29)30)12-15-6-3-2-4-7-15/h5,8-11,13-15,21-23H,2-4,6-7,12H2,1H3,(H,29,30)/t21-,22+,23-/m0/s1. The van der Waals surface area contributed by atoms with Crippen LogP contribution in [0.2, 0.25) is 10.0 Å². The van der Waals surface area contributed by atoms with Gasteiger partial charge in [-0.05, 0) is 42.2 Å². The minimum atomic E-state index is -4.24. The number of carbonyl (C=O) groups is 2. The molecule has 1 aliphatic heterocycles. The molecule has 3 atom stereocenters. The zero-order valence-corrected chi connectivity index (χ0v) is 21.9. The second-order valence-electron chi connectivity index (χ2n) is 9.11. The molecule has 1 saturated carbocycles. The Balaban J connectivity index is 1.68. The van der Waals surface area contributed by atoms with Crippen LogP contribution in [0.25, 0.3) is 0 Å². The summed E-state index contributed by atoms with van der Waals surface area (Å²) in [5.74, 6) is -1.30. The van der Waals surface area contributed by atoms with Crippen molar-refractivity contribution in [3.05, 3.63) is 58.1 Å². The van der Waals surface area contributed by atoms with Gasteiger partial charge in [0.25, 0.3) is 0 Å². The largest absolute Gasteiger partial charge is 0.480 e. The number of rotatable bonds is 8. The summed E-state index contributed by atoms with van der Waals surface area (Å²) in [6.45, 7) is 0. The fourth-order valence-electron chi connectivity index (χ4n) is 5.07. The number of halogens is 2. The quantitative estimate of drug-likeness (QED) is 0.432. The first kappa shape index (κ1) is 26.7. The van der Waals surface area contributed by atoms with Gasteiger partial charge in [-0.2, -0.15) is 4.31 Å². The van der Waals surface area contributed by atoms with E-state index in [9.17, 15) is 23.1 Å². The topological polar surface area (TPSA) is 110 Å². The van der Waals surface area contributed by atoms with Gasteiger partial charge in [0.1, 0.15) is 17.5 Å². The van der Waals surface area contributed by atoms with Crippen LogP contribution in [0.1, 0.15) is 50.1 Å². The molecule has 0 radical (unpaired) electrons. The van der Waals surface area contributed by atoms with E-state index in [1.807, 2.05) is 0 Å². The van der Waals surface area contributed by atoms with Crippen LogP contribution >= 0.6 is 23.2 Å². The fraction of sp³-hybridized carbons (Fsp3) is 0.440. The molecule has 194 valence electrons. The third-order valence-corrected chi connectivity index (χ3v) is 9.71. The van der Waals surface area contributed by atoms with Crippen molar-refractivity contribution in [1.29, 1.82) is 0 Å². The van der Waals surface area contributed by atoms with E-state index in [1.54, 1.807) is 42.5 Å². The van der Waals surface area contributed by atoms with Crippen molar-refractivity contribution < 1.29 is 32.6 Å². The number of hydrogen-bond acceptors (Lipinski definition) is 6. The highest BCUT2D eigenvalue weighted by atomic mass is 35.5. The predicted octanol–water partition coefficient (Wildman–Crippen LogP) is 5.44. The number of nitrogens with zero attached hydrogens (tertiary/aromatic N) is 1. The SMILES string of the molecule is COC(=O)[C@@H]1[C@@H](c2cccc(Oc3ccc(Cl)c(Cl)c3)c2)N([C@@H](CC2CCCCC2)C(=O)O)S1(=O)=O. The molecule has 0 unspecified atom stereocenters. The van der Waals surface area contributed by atoms with Gasteiger partial charge >= 0.3 is 11.9 Å². The maximum Gasteiger partial charge on any atom is 0.327 e. The predicted molar refractivity (Wildman–Crippen MR) is 135 cm³/mol. The molecule has 1 heterocycles. The Morgan fingerprint density at radius 1 is 1.06 bits per heavy atom. The van der Waals surface area contributed by atoms with Crippen LogP contribution in [0.4, 0.5) is 0 Å². The molecule has 2 aromatic carbocycles. The lowest BCUT2D eigenvalue weighted by Gasteiger charge is -2.48. The molecule has 0 bridgehead atoms. The van der Waals surface area contributed by atoms with Crippen molar-refractivity contribution in [3.8, 4) is 11.5 Å². The third kappa shape index (κ3) is 5.34. The van der Waals surface area contributed by atoms with Crippen LogP contribution in [0, 0.1) is 5.92 Å². The van der Waals surface area contributed by atoms with Gasteiger partial charge in [0.2, 0.25) is 10.0 Å². The molecular weight excluding hydrogens is 529 g/mol. The molecule has 4 rings (SSSR count). The normalized spacial score (nSPS) is 22.9. The number of carboxylic acids is 1. The van der Waals surface area contributed by atoms with E-state index >= 15 is 0 Å². The van der Waals surface area contributed by atoms with Crippen LogP contribution in [0.15, 0.2) is 42.5 Å². The molecule has 2 aliphatic rings. The van der Waals surface area contributed by atoms with Gasteiger partial charge in [0, 0.05) is 6.07 Å². The maximum atomic E-state index is 13.3. The van der Waals surface area contributed by atoms with Crippen molar-refractivity contribution in [2.45, 2.75) is 55.9 Å². The highest BCUT2D eigenvalue weighted by molar-refractivity contribution is 7.92. The molecule has 1 N–H and O–H groups in total. The second-order valence-corrected chi connectivity index (χ2v) is 11.9. The van der Waals surface area contributed by atoms with Crippen LogP contribution in [0.3, 0.4) is 0 Å². The first-order valence-electron chi connectivity index (χ1n) is 11.7. The number of esters is 1. The Morgan fingerprint density at radius 2 is 1.75 bits per heavy atom. The highest BCUT2D eigenvalue weighted by Gasteiger charge is 2.62. The van der Waals surface area contributed by atoms with Gasteiger partial charge < -0.3 is 14.6 Å². The molecule has 2 fully saturated rings. The number of ether oxygens (including phenoxy) is 2. The first-order chi connectivity index (χ1) is 17.1. The van der Waals surface area contributed by atoms with E-state index in [2.05, 4.69) is 0 Å². The summed E-state index contributed by atoms with van der Waals surface area (Å²) < 4.78 is 38.1. The Hall–Kier alpha value is -2.33. The Labute approximate surface area is 220 Å². The monoisotopic (exact) mass is 555 g/mol. The smallest absolute Gasteiger partial charge is 0.327 e. The van der Waals surface area contributed by atoms with Crippen molar-refractivity contribution in [2.24, 2.45) is 5.92 Å². The third-order valence-electron chi connectivity index (χ3n) is 6.81. The molecule has 1 aliphatic carbocycles. The number of benzene rings is 2. The van der Waals surface area contributed by atoms with Gasteiger partial charge in [-0.3, -0.25) is 9.59 Å². The molecule has 36 heavy (non-hydrogen) atoms.